The van der Waals surface area contributed by atoms with Gasteiger partial charge in [-0.1, -0.05) is 0 Å². The molecule has 6 nitrogen and oxygen atoms in total. The first-order valence-corrected chi connectivity index (χ1v) is 8.84. The van der Waals surface area contributed by atoms with E-state index in [0.29, 0.717) is 25.3 Å². The molecule has 0 N–H and O–H groups in total. The van der Waals surface area contributed by atoms with Crippen molar-refractivity contribution in [1.82, 2.24) is 14.5 Å². The summed E-state index contributed by atoms with van der Waals surface area (Å²) in [6, 6.07) is 3.74. The van der Waals surface area contributed by atoms with E-state index in [4.69, 9.17) is 4.74 Å². The standard InChI is InChI=1S/C14H19N3O3S/c1-20-8-6-13-16-12-5-2-7-15-14(12)17(13)10-11-4-3-9-21(11,18)19/h2,5,7,11H,3-4,6,8-10H2,1H3. The van der Waals surface area contributed by atoms with Crippen LogP contribution in [-0.4, -0.2) is 47.7 Å². The lowest BCUT2D eigenvalue weighted by Crippen LogP contribution is -2.23. The van der Waals surface area contributed by atoms with Gasteiger partial charge in [0.2, 0.25) is 0 Å². The summed E-state index contributed by atoms with van der Waals surface area (Å²) in [6.45, 7) is 0.996. The molecule has 1 atom stereocenters. The summed E-state index contributed by atoms with van der Waals surface area (Å²) in [7, 11) is -1.33. The highest BCUT2D eigenvalue weighted by Gasteiger charge is 2.32. The van der Waals surface area contributed by atoms with Gasteiger partial charge in [-0.15, -0.1) is 0 Å². The number of imidazole rings is 1. The molecule has 2 aromatic heterocycles. The van der Waals surface area contributed by atoms with Crippen LogP contribution in [0.15, 0.2) is 18.3 Å². The van der Waals surface area contributed by atoms with Crippen molar-refractivity contribution in [3.63, 3.8) is 0 Å². The van der Waals surface area contributed by atoms with Crippen LogP contribution >= 0.6 is 0 Å². The lowest BCUT2D eigenvalue weighted by atomic mass is 10.2. The SMILES string of the molecule is COCCc1nc2cccnc2n1CC1CCCS1(=O)=O. The van der Waals surface area contributed by atoms with Crippen molar-refractivity contribution in [1.29, 1.82) is 0 Å². The van der Waals surface area contributed by atoms with E-state index in [1.165, 1.54) is 0 Å². The van der Waals surface area contributed by atoms with Gasteiger partial charge in [0.1, 0.15) is 11.3 Å². The summed E-state index contributed by atoms with van der Waals surface area (Å²) < 4.78 is 31.2. The highest BCUT2D eigenvalue weighted by atomic mass is 32.2. The highest BCUT2D eigenvalue weighted by molar-refractivity contribution is 7.92. The van der Waals surface area contributed by atoms with Crippen molar-refractivity contribution < 1.29 is 13.2 Å². The second kappa shape index (κ2) is 5.73. The number of hydrogen-bond donors (Lipinski definition) is 0. The first kappa shape index (κ1) is 14.5. The molecule has 21 heavy (non-hydrogen) atoms. The van der Waals surface area contributed by atoms with Crippen LogP contribution in [0, 0.1) is 0 Å². The molecule has 0 bridgehead atoms. The first-order chi connectivity index (χ1) is 10.1. The molecule has 3 rings (SSSR count). The number of fused-ring (bicyclic) bond motifs is 1. The molecule has 114 valence electrons. The topological polar surface area (TPSA) is 74.1 Å². The van der Waals surface area contributed by atoms with E-state index in [-0.39, 0.29) is 5.25 Å². The third-order valence-corrected chi connectivity index (χ3v) is 6.22. The maximum Gasteiger partial charge on any atom is 0.160 e. The van der Waals surface area contributed by atoms with Gasteiger partial charge < -0.3 is 9.30 Å². The van der Waals surface area contributed by atoms with Crippen LogP contribution in [0.1, 0.15) is 18.7 Å². The Morgan fingerprint density at radius 3 is 3.05 bits per heavy atom. The average Bonchev–Trinajstić information content (AvgIpc) is 2.98. The summed E-state index contributed by atoms with van der Waals surface area (Å²) in [6.07, 6.45) is 3.84. The molecule has 0 radical (unpaired) electrons. The maximum atomic E-state index is 12.1. The predicted molar refractivity (Wildman–Crippen MR) is 79.9 cm³/mol. The summed E-state index contributed by atoms with van der Waals surface area (Å²) in [5.41, 5.74) is 1.56. The van der Waals surface area contributed by atoms with Crippen LogP contribution in [0.2, 0.25) is 0 Å². The smallest absolute Gasteiger partial charge is 0.160 e. The van der Waals surface area contributed by atoms with Crippen LogP contribution in [-0.2, 0) is 27.5 Å². The highest BCUT2D eigenvalue weighted by Crippen LogP contribution is 2.24. The predicted octanol–water partition coefficient (Wildman–Crippen LogP) is 1.20. The van der Waals surface area contributed by atoms with Crippen LogP contribution in [0.4, 0.5) is 0 Å². The van der Waals surface area contributed by atoms with Gasteiger partial charge in [-0.25, -0.2) is 18.4 Å². The molecule has 1 saturated heterocycles. The molecule has 0 spiro atoms. The number of sulfone groups is 1. The Morgan fingerprint density at radius 1 is 1.48 bits per heavy atom. The van der Waals surface area contributed by atoms with Crippen molar-refractivity contribution in [3.8, 4) is 0 Å². The van der Waals surface area contributed by atoms with Gasteiger partial charge in [-0.2, -0.15) is 0 Å². The Morgan fingerprint density at radius 2 is 2.33 bits per heavy atom. The quantitative estimate of drug-likeness (QED) is 0.829. The molecule has 1 aliphatic heterocycles. The Hall–Kier alpha value is -1.47. The van der Waals surface area contributed by atoms with E-state index in [0.717, 1.165) is 29.8 Å². The second-order valence-electron chi connectivity index (χ2n) is 5.36. The summed E-state index contributed by atoms with van der Waals surface area (Å²) in [4.78, 5) is 8.93. The third kappa shape index (κ3) is 2.80. The lowest BCUT2D eigenvalue weighted by Gasteiger charge is -2.13. The Bertz CT molecular complexity index is 739. The monoisotopic (exact) mass is 309 g/mol. The Kier molecular flexibility index (Phi) is 3.95. The zero-order chi connectivity index (χ0) is 14.9. The zero-order valence-corrected chi connectivity index (χ0v) is 12.8. The third-order valence-electron chi connectivity index (χ3n) is 3.96. The maximum absolute atomic E-state index is 12.1. The van der Waals surface area contributed by atoms with Gasteiger partial charge in [0.15, 0.2) is 15.5 Å². The van der Waals surface area contributed by atoms with E-state index in [1.54, 1.807) is 13.3 Å². The van der Waals surface area contributed by atoms with Crippen molar-refractivity contribution in [2.75, 3.05) is 19.5 Å². The number of pyridine rings is 1. The molecule has 7 heteroatoms. The summed E-state index contributed by atoms with van der Waals surface area (Å²) in [5.74, 6) is 1.14. The lowest BCUT2D eigenvalue weighted by molar-refractivity contribution is 0.199. The summed E-state index contributed by atoms with van der Waals surface area (Å²) in [5, 5.41) is -0.321. The van der Waals surface area contributed by atoms with Crippen LogP contribution in [0.3, 0.4) is 0 Å². The number of hydrogen-bond acceptors (Lipinski definition) is 5. The van der Waals surface area contributed by atoms with E-state index in [1.807, 2.05) is 16.7 Å². The molecular weight excluding hydrogens is 290 g/mol. The zero-order valence-electron chi connectivity index (χ0n) is 12.0. The van der Waals surface area contributed by atoms with Crippen molar-refractivity contribution >= 4 is 21.0 Å². The Labute approximate surface area is 124 Å². The minimum absolute atomic E-state index is 0.297. The fourth-order valence-electron chi connectivity index (χ4n) is 2.85. The molecule has 1 aliphatic rings. The van der Waals surface area contributed by atoms with Crippen LogP contribution in [0.25, 0.3) is 11.2 Å². The van der Waals surface area contributed by atoms with Gasteiger partial charge >= 0.3 is 0 Å². The van der Waals surface area contributed by atoms with E-state index >= 15 is 0 Å². The molecule has 3 heterocycles. The number of aromatic nitrogens is 3. The van der Waals surface area contributed by atoms with E-state index in [9.17, 15) is 8.42 Å². The van der Waals surface area contributed by atoms with E-state index in [2.05, 4.69) is 9.97 Å². The molecule has 1 fully saturated rings. The first-order valence-electron chi connectivity index (χ1n) is 7.12. The van der Waals surface area contributed by atoms with Gasteiger partial charge in [0.25, 0.3) is 0 Å². The minimum atomic E-state index is -2.98. The number of rotatable bonds is 5. The van der Waals surface area contributed by atoms with Gasteiger partial charge in [0, 0.05) is 26.3 Å². The van der Waals surface area contributed by atoms with Crippen molar-refractivity contribution in [2.45, 2.75) is 31.1 Å². The molecule has 0 saturated carbocycles. The normalized spacial score (nSPS) is 21.1. The molecule has 0 aliphatic carbocycles. The fourth-order valence-corrected chi connectivity index (χ4v) is 4.65. The van der Waals surface area contributed by atoms with E-state index < -0.39 is 9.84 Å². The van der Waals surface area contributed by atoms with Gasteiger partial charge in [0.05, 0.1) is 17.6 Å². The van der Waals surface area contributed by atoms with Gasteiger partial charge in [-0.3, -0.25) is 0 Å². The fraction of sp³-hybridized carbons (Fsp3) is 0.571. The minimum Gasteiger partial charge on any atom is -0.384 e. The number of ether oxygens (including phenoxy) is 1. The molecule has 0 amide bonds. The number of methoxy groups -OCH3 is 1. The average molecular weight is 309 g/mol. The van der Waals surface area contributed by atoms with Crippen LogP contribution < -0.4 is 0 Å². The molecular formula is C14H19N3O3S. The van der Waals surface area contributed by atoms with Crippen molar-refractivity contribution in [3.05, 3.63) is 24.2 Å². The largest absolute Gasteiger partial charge is 0.384 e. The van der Waals surface area contributed by atoms with Crippen molar-refractivity contribution in [2.24, 2.45) is 0 Å². The Balaban J connectivity index is 1.98. The summed E-state index contributed by atoms with van der Waals surface area (Å²) >= 11 is 0. The van der Waals surface area contributed by atoms with Crippen LogP contribution in [0.5, 0.6) is 0 Å². The molecule has 1 unspecified atom stereocenters. The molecule has 2 aromatic rings. The number of nitrogens with zero attached hydrogens (tertiary/aromatic N) is 3. The second-order valence-corrected chi connectivity index (χ2v) is 7.76. The molecule has 0 aromatic carbocycles. The van der Waals surface area contributed by atoms with Gasteiger partial charge in [-0.05, 0) is 25.0 Å².